The van der Waals surface area contributed by atoms with E-state index in [9.17, 15) is 0 Å². The summed E-state index contributed by atoms with van der Waals surface area (Å²) in [6.45, 7) is 6.74. The number of halogens is 1. The molecule has 1 N–H and O–H groups in total. The Morgan fingerprint density at radius 1 is 1.70 bits per heavy atom. The van der Waals surface area contributed by atoms with Gasteiger partial charge in [0.05, 0.1) is 19.3 Å². The van der Waals surface area contributed by atoms with E-state index in [2.05, 4.69) is 42.8 Å². The van der Waals surface area contributed by atoms with Crippen molar-refractivity contribution in [1.82, 2.24) is 20.0 Å². The third kappa shape index (κ3) is 3.83. The van der Waals surface area contributed by atoms with Crippen LogP contribution in [0.2, 0.25) is 0 Å². The second-order valence-corrected chi connectivity index (χ2v) is 5.79. The van der Waals surface area contributed by atoms with Crippen LogP contribution in [0, 0.1) is 0 Å². The second-order valence-electron chi connectivity index (χ2n) is 4.67. The van der Waals surface area contributed by atoms with Gasteiger partial charge in [-0.25, -0.2) is 0 Å². The molecule has 20 heavy (non-hydrogen) atoms. The lowest BCUT2D eigenvalue weighted by Gasteiger charge is -2.34. The van der Waals surface area contributed by atoms with Crippen molar-refractivity contribution in [2.45, 2.75) is 6.10 Å². The minimum Gasteiger partial charge on any atom is -0.370 e. The fraction of sp³-hybridized carbons (Fsp3) is 0.538. The summed E-state index contributed by atoms with van der Waals surface area (Å²) in [5.74, 6) is 0.864. The highest BCUT2D eigenvalue weighted by atomic mass is 79.9. The number of aryl methyl sites for hydroxylation is 1. The standard InChI is InChI=1S/C13H20BrN5O/c1-10(14)6-16-13(15-2)19-4-5-20-12(9-19)11-7-17-18(3)8-11/h7-8,12H,1,4-6,9H2,2-3H3,(H,15,16). The van der Waals surface area contributed by atoms with Crippen LogP contribution < -0.4 is 5.32 Å². The summed E-state index contributed by atoms with van der Waals surface area (Å²) in [5.41, 5.74) is 1.09. The third-order valence-electron chi connectivity index (χ3n) is 3.11. The zero-order valence-electron chi connectivity index (χ0n) is 11.8. The van der Waals surface area contributed by atoms with E-state index in [0.717, 1.165) is 29.1 Å². The smallest absolute Gasteiger partial charge is 0.194 e. The van der Waals surface area contributed by atoms with Gasteiger partial charge in [0.15, 0.2) is 5.96 Å². The molecular formula is C13H20BrN5O. The Bertz CT molecular complexity index is 499. The van der Waals surface area contributed by atoms with Gasteiger partial charge in [-0.2, -0.15) is 5.10 Å². The van der Waals surface area contributed by atoms with Gasteiger partial charge < -0.3 is 15.0 Å². The van der Waals surface area contributed by atoms with E-state index in [1.54, 1.807) is 11.7 Å². The van der Waals surface area contributed by atoms with Crippen LogP contribution in [-0.4, -0.2) is 53.9 Å². The maximum absolute atomic E-state index is 5.82. The average molecular weight is 342 g/mol. The van der Waals surface area contributed by atoms with E-state index >= 15 is 0 Å². The van der Waals surface area contributed by atoms with E-state index in [0.29, 0.717) is 13.2 Å². The van der Waals surface area contributed by atoms with Gasteiger partial charge in [0.25, 0.3) is 0 Å². The van der Waals surface area contributed by atoms with E-state index in [1.165, 1.54) is 0 Å². The molecular weight excluding hydrogens is 322 g/mol. The van der Waals surface area contributed by atoms with Crippen molar-refractivity contribution in [3.8, 4) is 0 Å². The van der Waals surface area contributed by atoms with Crippen LogP contribution in [0.4, 0.5) is 0 Å². The van der Waals surface area contributed by atoms with Crippen molar-refractivity contribution in [3.63, 3.8) is 0 Å². The lowest BCUT2D eigenvalue weighted by atomic mass is 10.1. The van der Waals surface area contributed by atoms with Gasteiger partial charge >= 0.3 is 0 Å². The van der Waals surface area contributed by atoms with Gasteiger partial charge in [0.2, 0.25) is 0 Å². The molecule has 0 spiro atoms. The molecule has 0 aromatic carbocycles. The number of nitrogens with zero attached hydrogens (tertiary/aromatic N) is 4. The van der Waals surface area contributed by atoms with Crippen LogP contribution in [-0.2, 0) is 11.8 Å². The molecule has 6 nitrogen and oxygen atoms in total. The number of morpholine rings is 1. The van der Waals surface area contributed by atoms with Crippen LogP contribution >= 0.6 is 15.9 Å². The predicted molar refractivity (Wildman–Crippen MR) is 82.9 cm³/mol. The summed E-state index contributed by atoms with van der Waals surface area (Å²) in [6.07, 6.45) is 3.87. The normalized spacial score (nSPS) is 20.1. The average Bonchev–Trinajstić information content (AvgIpc) is 2.86. The predicted octanol–water partition coefficient (Wildman–Crippen LogP) is 1.28. The molecule has 1 aromatic rings. The summed E-state index contributed by atoms with van der Waals surface area (Å²) in [7, 11) is 3.69. The highest BCUT2D eigenvalue weighted by Gasteiger charge is 2.24. The third-order valence-corrected chi connectivity index (χ3v) is 3.39. The van der Waals surface area contributed by atoms with Crippen molar-refractivity contribution >= 4 is 21.9 Å². The van der Waals surface area contributed by atoms with Crippen LogP contribution in [0.5, 0.6) is 0 Å². The van der Waals surface area contributed by atoms with Crippen molar-refractivity contribution in [1.29, 1.82) is 0 Å². The minimum atomic E-state index is 0.0307. The van der Waals surface area contributed by atoms with Gasteiger partial charge in [-0.05, 0) is 0 Å². The molecule has 7 heteroatoms. The largest absolute Gasteiger partial charge is 0.370 e. The topological polar surface area (TPSA) is 54.7 Å². The molecule has 2 rings (SSSR count). The van der Waals surface area contributed by atoms with Crippen molar-refractivity contribution in [3.05, 3.63) is 29.0 Å². The van der Waals surface area contributed by atoms with Crippen LogP contribution in [0.25, 0.3) is 0 Å². The fourth-order valence-electron chi connectivity index (χ4n) is 2.16. The van der Waals surface area contributed by atoms with Crippen LogP contribution in [0.3, 0.4) is 0 Å². The molecule has 1 fully saturated rings. The molecule has 1 aliphatic rings. The first-order valence-corrected chi connectivity index (χ1v) is 7.28. The molecule has 0 aliphatic carbocycles. The van der Waals surface area contributed by atoms with Crippen molar-refractivity contribution in [2.24, 2.45) is 12.0 Å². The quantitative estimate of drug-likeness (QED) is 0.664. The number of aliphatic imine (C=N–C) groups is 1. The lowest BCUT2D eigenvalue weighted by molar-refractivity contribution is -0.00796. The van der Waals surface area contributed by atoms with E-state index in [4.69, 9.17) is 4.74 Å². The highest BCUT2D eigenvalue weighted by molar-refractivity contribution is 9.11. The van der Waals surface area contributed by atoms with Gasteiger partial charge in [0.1, 0.15) is 6.10 Å². The molecule has 1 aromatic heterocycles. The van der Waals surface area contributed by atoms with E-state index in [1.807, 2.05) is 19.4 Å². The zero-order chi connectivity index (χ0) is 14.5. The molecule has 2 heterocycles. The maximum atomic E-state index is 5.82. The highest BCUT2D eigenvalue weighted by Crippen LogP contribution is 2.21. The number of hydrogen-bond acceptors (Lipinski definition) is 3. The fourth-order valence-corrected chi connectivity index (χ4v) is 2.30. The Balaban J connectivity index is 2.00. The number of nitrogens with one attached hydrogen (secondary N) is 1. The SMILES string of the molecule is C=C(Br)CNC(=NC)N1CCOC(c2cnn(C)c2)C1. The summed E-state index contributed by atoms with van der Waals surface area (Å²) < 4.78 is 8.51. The second kappa shape index (κ2) is 6.90. The maximum Gasteiger partial charge on any atom is 0.194 e. The molecule has 110 valence electrons. The Kier molecular flexibility index (Phi) is 5.19. The van der Waals surface area contributed by atoms with Crippen LogP contribution in [0.1, 0.15) is 11.7 Å². The molecule has 1 unspecified atom stereocenters. The van der Waals surface area contributed by atoms with E-state index in [-0.39, 0.29) is 6.10 Å². The van der Waals surface area contributed by atoms with Gasteiger partial charge in [-0.1, -0.05) is 22.5 Å². The molecule has 0 amide bonds. The van der Waals surface area contributed by atoms with Gasteiger partial charge in [-0.15, -0.1) is 0 Å². The number of guanidine groups is 1. The monoisotopic (exact) mass is 341 g/mol. The number of ether oxygens (including phenoxy) is 1. The Labute approximate surface area is 127 Å². The Hall–Kier alpha value is -1.34. The number of hydrogen-bond donors (Lipinski definition) is 1. The van der Waals surface area contributed by atoms with Gasteiger partial charge in [-0.3, -0.25) is 9.67 Å². The van der Waals surface area contributed by atoms with Crippen LogP contribution in [0.15, 0.2) is 28.4 Å². The summed E-state index contributed by atoms with van der Waals surface area (Å²) in [5, 5.41) is 7.46. The molecule has 1 atom stereocenters. The zero-order valence-corrected chi connectivity index (χ0v) is 13.4. The molecule has 0 saturated carbocycles. The minimum absolute atomic E-state index is 0.0307. The summed E-state index contributed by atoms with van der Waals surface area (Å²) in [4.78, 5) is 6.50. The number of aromatic nitrogens is 2. The Morgan fingerprint density at radius 2 is 2.50 bits per heavy atom. The first-order valence-electron chi connectivity index (χ1n) is 6.49. The molecule has 0 bridgehead atoms. The van der Waals surface area contributed by atoms with Crippen molar-refractivity contribution < 1.29 is 4.74 Å². The molecule has 0 radical (unpaired) electrons. The Morgan fingerprint density at radius 3 is 3.10 bits per heavy atom. The first kappa shape index (κ1) is 15.1. The molecule has 1 aliphatic heterocycles. The number of rotatable bonds is 3. The van der Waals surface area contributed by atoms with Crippen molar-refractivity contribution in [2.75, 3.05) is 33.3 Å². The summed E-state index contributed by atoms with van der Waals surface area (Å²) in [6, 6.07) is 0. The summed E-state index contributed by atoms with van der Waals surface area (Å²) >= 11 is 3.34. The van der Waals surface area contributed by atoms with Gasteiger partial charge in [0, 0.05) is 43.4 Å². The lowest BCUT2D eigenvalue weighted by Crippen LogP contribution is -2.48. The first-order chi connectivity index (χ1) is 9.60. The molecule has 1 saturated heterocycles. The van der Waals surface area contributed by atoms with E-state index < -0.39 is 0 Å².